The highest BCUT2D eigenvalue weighted by atomic mass is 32.1. The molecule has 1 unspecified atom stereocenters. The second kappa shape index (κ2) is 6.48. The van der Waals surface area contributed by atoms with Crippen LogP contribution in [0.15, 0.2) is 24.2 Å². The van der Waals surface area contributed by atoms with Crippen LogP contribution in [-0.4, -0.2) is 58.6 Å². The molecule has 2 fully saturated rings. The quantitative estimate of drug-likeness (QED) is 0.795. The number of ether oxygens (including phenoxy) is 1. The Morgan fingerprint density at radius 3 is 2.95 bits per heavy atom. The Kier molecular flexibility index (Phi) is 4.61. The third kappa shape index (κ3) is 2.95. The minimum Gasteiger partial charge on any atom is -0.363 e. The van der Waals surface area contributed by atoms with Crippen molar-refractivity contribution < 1.29 is 9.53 Å². The van der Waals surface area contributed by atoms with Gasteiger partial charge < -0.3 is 9.64 Å². The number of carbonyl (C=O) groups is 1. The van der Waals surface area contributed by atoms with Crippen molar-refractivity contribution in [2.75, 3.05) is 26.2 Å². The highest BCUT2D eigenvalue weighted by molar-refractivity contribution is 7.09. The highest BCUT2D eigenvalue weighted by Crippen LogP contribution is 2.36. The third-order valence-corrected chi connectivity index (χ3v) is 5.67. The third-order valence-electron chi connectivity index (χ3n) is 4.90. The predicted octanol–water partition coefficient (Wildman–Crippen LogP) is 1.91. The van der Waals surface area contributed by atoms with Gasteiger partial charge in [0.15, 0.2) is 0 Å². The first kappa shape index (κ1) is 15.6. The van der Waals surface area contributed by atoms with Gasteiger partial charge in [-0.3, -0.25) is 9.69 Å². The van der Waals surface area contributed by atoms with Crippen molar-refractivity contribution >= 4 is 17.2 Å². The number of amides is 1. The molecule has 22 heavy (non-hydrogen) atoms. The van der Waals surface area contributed by atoms with E-state index < -0.39 is 0 Å². The standard InChI is InChI=1S/C16H23N3O2S/c1-3-7-19-13(2)16(21-12-15(19)20)4-8-18(9-5-16)11-14-17-6-10-22-14/h3,6,10,13H,1,4-5,7-9,11-12H2,2H3. The zero-order valence-electron chi connectivity index (χ0n) is 13.0. The van der Waals surface area contributed by atoms with E-state index >= 15 is 0 Å². The van der Waals surface area contributed by atoms with Gasteiger partial charge in [-0.25, -0.2) is 4.98 Å². The van der Waals surface area contributed by atoms with Crippen molar-refractivity contribution in [3.63, 3.8) is 0 Å². The van der Waals surface area contributed by atoms with E-state index in [1.54, 1.807) is 17.4 Å². The lowest BCUT2D eigenvalue weighted by Crippen LogP contribution is -2.63. The van der Waals surface area contributed by atoms with Crippen molar-refractivity contribution in [1.82, 2.24) is 14.8 Å². The van der Waals surface area contributed by atoms with Gasteiger partial charge in [0, 0.05) is 31.2 Å². The molecule has 3 rings (SSSR count). The summed E-state index contributed by atoms with van der Waals surface area (Å²) < 4.78 is 6.03. The maximum atomic E-state index is 12.0. The summed E-state index contributed by atoms with van der Waals surface area (Å²) in [6.07, 6.45) is 5.57. The molecule has 1 aromatic heterocycles. The molecule has 1 aromatic rings. The molecule has 0 N–H and O–H groups in total. The average molecular weight is 321 g/mol. The van der Waals surface area contributed by atoms with Gasteiger partial charge >= 0.3 is 0 Å². The number of nitrogens with zero attached hydrogens (tertiary/aromatic N) is 3. The lowest BCUT2D eigenvalue weighted by atomic mass is 9.82. The summed E-state index contributed by atoms with van der Waals surface area (Å²) in [4.78, 5) is 20.7. The monoisotopic (exact) mass is 321 g/mol. The molecule has 120 valence electrons. The molecule has 2 aliphatic rings. The second-order valence-electron chi connectivity index (χ2n) is 6.07. The highest BCUT2D eigenvalue weighted by Gasteiger charge is 2.47. The number of hydrogen-bond acceptors (Lipinski definition) is 5. The van der Waals surface area contributed by atoms with Gasteiger partial charge in [0.1, 0.15) is 11.6 Å². The zero-order chi connectivity index (χ0) is 15.6. The van der Waals surface area contributed by atoms with Crippen LogP contribution < -0.4 is 0 Å². The lowest BCUT2D eigenvalue weighted by molar-refractivity contribution is -0.185. The maximum Gasteiger partial charge on any atom is 0.249 e. The summed E-state index contributed by atoms with van der Waals surface area (Å²) in [6, 6.07) is 0.105. The summed E-state index contributed by atoms with van der Waals surface area (Å²) in [5, 5.41) is 3.18. The van der Waals surface area contributed by atoms with E-state index in [4.69, 9.17) is 4.74 Å². The van der Waals surface area contributed by atoms with E-state index in [0.29, 0.717) is 6.54 Å². The normalized spacial score (nSPS) is 25.6. The molecule has 1 amide bonds. The smallest absolute Gasteiger partial charge is 0.249 e. The van der Waals surface area contributed by atoms with Crippen LogP contribution >= 0.6 is 11.3 Å². The lowest BCUT2D eigenvalue weighted by Gasteiger charge is -2.51. The number of hydrogen-bond donors (Lipinski definition) is 0. The van der Waals surface area contributed by atoms with Crippen molar-refractivity contribution in [2.45, 2.75) is 38.0 Å². The number of piperidine rings is 1. The van der Waals surface area contributed by atoms with Gasteiger partial charge in [-0.1, -0.05) is 6.08 Å². The predicted molar refractivity (Wildman–Crippen MR) is 86.7 cm³/mol. The van der Waals surface area contributed by atoms with Crippen LogP contribution in [0, 0.1) is 0 Å². The Morgan fingerprint density at radius 1 is 1.55 bits per heavy atom. The molecule has 2 aliphatic heterocycles. The largest absolute Gasteiger partial charge is 0.363 e. The molecule has 1 spiro atoms. The molecule has 3 heterocycles. The molecule has 0 aliphatic carbocycles. The molecular weight excluding hydrogens is 298 g/mol. The molecule has 6 heteroatoms. The molecule has 1 atom stereocenters. The van der Waals surface area contributed by atoms with E-state index in [9.17, 15) is 4.79 Å². The van der Waals surface area contributed by atoms with Crippen molar-refractivity contribution in [1.29, 1.82) is 0 Å². The van der Waals surface area contributed by atoms with Gasteiger partial charge in [0.05, 0.1) is 18.2 Å². The van der Waals surface area contributed by atoms with Gasteiger partial charge in [-0.2, -0.15) is 0 Å². The Morgan fingerprint density at radius 2 is 2.32 bits per heavy atom. The van der Waals surface area contributed by atoms with Crippen molar-refractivity contribution in [3.05, 3.63) is 29.2 Å². The number of thiazole rings is 1. The van der Waals surface area contributed by atoms with Crippen LogP contribution in [0.25, 0.3) is 0 Å². The fourth-order valence-electron chi connectivity index (χ4n) is 3.48. The Labute approximate surface area is 135 Å². The first-order chi connectivity index (χ1) is 10.6. The zero-order valence-corrected chi connectivity index (χ0v) is 13.8. The van der Waals surface area contributed by atoms with E-state index in [1.165, 1.54) is 0 Å². The number of morpholine rings is 1. The number of rotatable bonds is 4. The van der Waals surface area contributed by atoms with Crippen LogP contribution in [0.4, 0.5) is 0 Å². The van der Waals surface area contributed by atoms with Crippen LogP contribution in [0.2, 0.25) is 0 Å². The van der Waals surface area contributed by atoms with Crippen LogP contribution in [0.5, 0.6) is 0 Å². The summed E-state index contributed by atoms with van der Waals surface area (Å²) in [6.45, 7) is 9.56. The topological polar surface area (TPSA) is 45.7 Å². The minimum atomic E-state index is -0.198. The Hall–Kier alpha value is -1.24. The van der Waals surface area contributed by atoms with Crippen molar-refractivity contribution in [2.24, 2.45) is 0 Å². The van der Waals surface area contributed by atoms with E-state index in [-0.39, 0.29) is 24.2 Å². The number of aromatic nitrogens is 1. The van der Waals surface area contributed by atoms with Crippen molar-refractivity contribution in [3.8, 4) is 0 Å². The SMILES string of the molecule is C=CCN1C(=O)COC2(CCN(Cc3nccs3)CC2)C1C. The van der Waals surface area contributed by atoms with E-state index in [1.807, 2.05) is 16.5 Å². The Bertz CT molecular complexity index is 524. The second-order valence-corrected chi connectivity index (χ2v) is 7.05. The molecule has 2 saturated heterocycles. The fourth-order valence-corrected chi connectivity index (χ4v) is 4.14. The van der Waals surface area contributed by atoms with E-state index in [0.717, 1.165) is 37.5 Å². The molecule has 0 saturated carbocycles. The molecule has 0 radical (unpaired) electrons. The summed E-state index contributed by atoms with van der Waals surface area (Å²) in [5.41, 5.74) is -0.198. The van der Waals surface area contributed by atoms with Crippen LogP contribution in [0.3, 0.4) is 0 Å². The van der Waals surface area contributed by atoms with Gasteiger partial charge in [-0.05, 0) is 19.8 Å². The number of carbonyl (C=O) groups excluding carboxylic acids is 1. The summed E-state index contributed by atoms with van der Waals surface area (Å²) >= 11 is 1.70. The first-order valence-corrected chi connectivity index (χ1v) is 8.67. The van der Waals surface area contributed by atoms with Gasteiger partial charge in [0.2, 0.25) is 5.91 Å². The molecule has 5 nitrogen and oxygen atoms in total. The number of likely N-dealkylation sites (tertiary alicyclic amines) is 1. The average Bonchev–Trinajstić information content (AvgIpc) is 3.03. The first-order valence-electron chi connectivity index (χ1n) is 7.80. The summed E-state index contributed by atoms with van der Waals surface area (Å²) in [7, 11) is 0. The molecule has 0 bridgehead atoms. The maximum absolute atomic E-state index is 12.0. The Balaban J connectivity index is 1.63. The fraction of sp³-hybridized carbons (Fsp3) is 0.625. The van der Waals surface area contributed by atoms with Gasteiger partial charge in [-0.15, -0.1) is 17.9 Å². The summed E-state index contributed by atoms with van der Waals surface area (Å²) in [5.74, 6) is 0.0724. The van der Waals surface area contributed by atoms with Gasteiger partial charge in [0.25, 0.3) is 0 Å². The van der Waals surface area contributed by atoms with E-state index in [2.05, 4.69) is 23.4 Å². The van der Waals surface area contributed by atoms with Crippen LogP contribution in [-0.2, 0) is 16.1 Å². The molecular formula is C16H23N3O2S. The van der Waals surface area contributed by atoms with Crippen LogP contribution in [0.1, 0.15) is 24.8 Å². The molecule has 0 aromatic carbocycles. The minimum absolute atomic E-state index is 0.0724.